The lowest BCUT2D eigenvalue weighted by molar-refractivity contribution is 0.0119. The number of halogens is 2. The van der Waals surface area contributed by atoms with Crippen LogP contribution in [0.1, 0.15) is 22.5 Å². The van der Waals surface area contributed by atoms with E-state index >= 15 is 0 Å². The third kappa shape index (κ3) is 2.22. The second-order valence-electron chi connectivity index (χ2n) is 5.41. The molecule has 1 aromatic carbocycles. The second-order valence-corrected chi connectivity index (χ2v) is 5.41. The molecule has 5 heteroatoms. The summed E-state index contributed by atoms with van der Waals surface area (Å²) in [6.45, 7) is 3.37. The first-order valence-electron chi connectivity index (χ1n) is 6.81. The minimum Gasteiger partial charge on any atom is -0.339 e. The Morgan fingerprint density at radius 3 is 2.81 bits per heavy atom. The average molecular weight is 290 g/mol. The minimum absolute atomic E-state index is 0.0989. The van der Waals surface area contributed by atoms with Crippen molar-refractivity contribution in [1.29, 1.82) is 0 Å². The van der Waals surface area contributed by atoms with Crippen molar-refractivity contribution in [3.05, 3.63) is 42.1 Å². The molecule has 21 heavy (non-hydrogen) atoms. The minimum atomic E-state index is -2.77. The zero-order valence-electron chi connectivity index (χ0n) is 11.8. The third-order valence-electron chi connectivity index (χ3n) is 3.98. The maximum absolute atomic E-state index is 13.3. The van der Waals surface area contributed by atoms with E-state index in [1.165, 1.54) is 4.90 Å². The number of rotatable bonds is 2. The summed E-state index contributed by atoms with van der Waals surface area (Å²) in [5, 5.41) is 0.907. The quantitative estimate of drug-likeness (QED) is 0.833. The molecule has 3 rings (SSSR count). The Morgan fingerprint density at radius 1 is 1.43 bits per heavy atom. The molecule has 1 aliphatic heterocycles. The van der Waals surface area contributed by atoms with Crippen LogP contribution >= 0.6 is 0 Å². The van der Waals surface area contributed by atoms with E-state index in [2.05, 4.69) is 6.58 Å². The Kier molecular flexibility index (Phi) is 3.08. The summed E-state index contributed by atoms with van der Waals surface area (Å²) in [5.74, 6) is -3.12. The molecule has 2 aromatic rings. The van der Waals surface area contributed by atoms with E-state index in [1.807, 2.05) is 18.2 Å². The summed E-state index contributed by atoms with van der Waals surface area (Å²) >= 11 is 0. The van der Waals surface area contributed by atoms with Crippen LogP contribution in [0, 0.1) is 0 Å². The van der Waals surface area contributed by atoms with Crippen molar-refractivity contribution in [1.82, 2.24) is 9.47 Å². The van der Waals surface area contributed by atoms with Crippen LogP contribution in [0.15, 0.2) is 30.8 Å². The third-order valence-corrected chi connectivity index (χ3v) is 3.98. The number of aromatic nitrogens is 1. The zero-order valence-corrected chi connectivity index (χ0v) is 11.8. The number of likely N-dealkylation sites (tertiary alicyclic amines) is 1. The van der Waals surface area contributed by atoms with Gasteiger partial charge < -0.3 is 9.47 Å². The Bertz CT molecular complexity index is 733. The summed E-state index contributed by atoms with van der Waals surface area (Å²) in [6.07, 6.45) is 1.46. The molecule has 0 bridgehead atoms. The van der Waals surface area contributed by atoms with Crippen molar-refractivity contribution in [3.63, 3.8) is 0 Å². The fraction of sp³-hybridized carbons (Fsp3) is 0.312. The smallest absolute Gasteiger partial charge is 0.270 e. The van der Waals surface area contributed by atoms with E-state index < -0.39 is 12.5 Å². The van der Waals surface area contributed by atoms with Crippen molar-refractivity contribution in [2.45, 2.75) is 12.3 Å². The van der Waals surface area contributed by atoms with Crippen LogP contribution in [0.2, 0.25) is 0 Å². The highest BCUT2D eigenvalue weighted by Gasteiger charge is 2.41. The van der Waals surface area contributed by atoms with Crippen molar-refractivity contribution < 1.29 is 13.6 Å². The first kappa shape index (κ1) is 13.8. The second kappa shape index (κ2) is 4.69. The standard InChI is InChI=1S/C16H16F2N2O/c1-3-11-5-4-6-12-9-13(19(2)14(11)12)15(21)20-8-7-16(17,18)10-20/h3-6,9H,1,7-8,10H2,2H3. The maximum Gasteiger partial charge on any atom is 0.270 e. The van der Waals surface area contributed by atoms with Crippen LogP contribution in [0.25, 0.3) is 17.0 Å². The molecular weight excluding hydrogens is 274 g/mol. The van der Waals surface area contributed by atoms with Gasteiger partial charge in [-0.05, 0) is 11.6 Å². The lowest BCUT2D eigenvalue weighted by atomic mass is 10.1. The number of benzene rings is 1. The first-order valence-corrected chi connectivity index (χ1v) is 6.81. The van der Waals surface area contributed by atoms with Gasteiger partial charge in [-0.3, -0.25) is 4.79 Å². The molecule has 1 saturated heterocycles. The van der Waals surface area contributed by atoms with E-state index in [1.54, 1.807) is 23.8 Å². The van der Waals surface area contributed by atoms with Crippen molar-refractivity contribution >= 4 is 22.9 Å². The fourth-order valence-electron chi connectivity index (χ4n) is 2.89. The van der Waals surface area contributed by atoms with Crippen molar-refractivity contribution in [2.24, 2.45) is 7.05 Å². The van der Waals surface area contributed by atoms with E-state index in [-0.39, 0.29) is 18.9 Å². The lowest BCUT2D eigenvalue weighted by Gasteiger charge is -2.16. The molecule has 2 heterocycles. The highest BCUT2D eigenvalue weighted by atomic mass is 19.3. The molecule has 0 unspecified atom stereocenters. The van der Waals surface area contributed by atoms with Gasteiger partial charge in [-0.15, -0.1) is 0 Å². The summed E-state index contributed by atoms with van der Waals surface area (Å²) in [6, 6.07) is 7.45. The summed E-state index contributed by atoms with van der Waals surface area (Å²) in [7, 11) is 1.77. The molecule has 1 fully saturated rings. The molecule has 0 spiro atoms. The van der Waals surface area contributed by atoms with Gasteiger partial charge in [-0.25, -0.2) is 8.78 Å². The van der Waals surface area contributed by atoms with Gasteiger partial charge in [0, 0.05) is 25.4 Å². The Balaban J connectivity index is 2.03. The van der Waals surface area contributed by atoms with Crippen LogP contribution in [-0.2, 0) is 7.05 Å². The molecule has 0 saturated carbocycles. The summed E-state index contributed by atoms with van der Waals surface area (Å²) < 4.78 is 28.3. The number of fused-ring (bicyclic) bond motifs is 1. The molecule has 0 aliphatic carbocycles. The van der Waals surface area contributed by atoms with Gasteiger partial charge >= 0.3 is 0 Å². The van der Waals surface area contributed by atoms with E-state index in [0.717, 1.165) is 16.5 Å². The Morgan fingerprint density at radius 2 is 2.19 bits per heavy atom. The predicted octanol–water partition coefficient (Wildman–Crippen LogP) is 3.30. The first-order chi connectivity index (χ1) is 9.93. The van der Waals surface area contributed by atoms with E-state index in [0.29, 0.717) is 5.69 Å². The number of para-hydroxylation sites is 1. The molecule has 0 atom stereocenters. The molecular formula is C16H16F2N2O. The number of nitrogens with zero attached hydrogens (tertiary/aromatic N) is 2. The molecule has 0 radical (unpaired) electrons. The number of hydrogen-bond donors (Lipinski definition) is 0. The van der Waals surface area contributed by atoms with Crippen molar-refractivity contribution in [2.75, 3.05) is 13.1 Å². The number of aryl methyl sites for hydroxylation is 1. The number of amides is 1. The highest BCUT2D eigenvalue weighted by molar-refractivity contribution is 6.00. The lowest BCUT2D eigenvalue weighted by Crippen LogP contribution is -2.32. The van der Waals surface area contributed by atoms with Gasteiger partial charge in [0.2, 0.25) is 0 Å². The van der Waals surface area contributed by atoms with E-state index in [9.17, 15) is 13.6 Å². The van der Waals surface area contributed by atoms with Crippen LogP contribution < -0.4 is 0 Å². The maximum atomic E-state index is 13.3. The van der Waals surface area contributed by atoms with Gasteiger partial charge in [0.05, 0.1) is 12.1 Å². The summed E-state index contributed by atoms with van der Waals surface area (Å²) in [4.78, 5) is 13.7. The molecule has 1 aliphatic rings. The fourth-order valence-corrected chi connectivity index (χ4v) is 2.89. The normalized spacial score (nSPS) is 17.4. The van der Waals surface area contributed by atoms with Gasteiger partial charge in [0.25, 0.3) is 11.8 Å². The topological polar surface area (TPSA) is 25.2 Å². The average Bonchev–Trinajstić information content (AvgIpc) is 2.98. The highest BCUT2D eigenvalue weighted by Crippen LogP contribution is 2.29. The van der Waals surface area contributed by atoms with Gasteiger partial charge in [-0.1, -0.05) is 30.9 Å². The SMILES string of the molecule is C=Cc1cccc2cc(C(=O)N3CCC(F)(F)C3)n(C)c12. The van der Waals surface area contributed by atoms with Crippen LogP contribution in [0.5, 0.6) is 0 Å². The van der Waals surface area contributed by atoms with E-state index in [4.69, 9.17) is 0 Å². The largest absolute Gasteiger partial charge is 0.339 e. The van der Waals surface area contributed by atoms with Crippen LogP contribution in [-0.4, -0.2) is 34.4 Å². The Hall–Kier alpha value is -2.17. The van der Waals surface area contributed by atoms with Crippen LogP contribution in [0.3, 0.4) is 0 Å². The molecule has 1 aromatic heterocycles. The molecule has 3 nitrogen and oxygen atoms in total. The van der Waals surface area contributed by atoms with Crippen molar-refractivity contribution in [3.8, 4) is 0 Å². The molecule has 1 amide bonds. The predicted molar refractivity (Wildman–Crippen MR) is 78.5 cm³/mol. The van der Waals surface area contributed by atoms with Gasteiger partial charge in [0.15, 0.2) is 0 Å². The molecule has 110 valence electrons. The monoisotopic (exact) mass is 290 g/mol. The number of alkyl halides is 2. The number of hydrogen-bond acceptors (Lipinski definition) is 1. The van der Waals surface area contributed by atoms with Gasteiger partial charge in [-0.2, -0.15) is 0 Å². The number of carbonyl (C=O) groups excluding carboxylic acids is 1. The summed E-state index contributed by atoms with van der Waals surface area (Å²) in [5.41, 5.74) is 2.24. The Labute approximate surface area is 121 Å². The van der Waals surface area contributed by atoms with Gasteiger partial charge in [0.1, 0.15) is 5.69 Å². The number of carbonyl (C=O) groups is 1. The zero-order chi connectivity index (χ0) is 15.2. The van der Waals surface area contributed by atoms with Crippen LogP contribution in [0.4, 0.5) is 8.78 Å². The molecule has 0 N–H and O–H groups in total.